The predicted octanol–water partition coefficient (Wildman–Crippen LogP) is 11.1. The van der Waals surface area contributed by atoms with E-state index in [-0.39, 0.29) is 23.0 Å². The lowest BCUT2D eigenvalue weighted by Gasteiger charge is -2.55. The van der Waals surface area contributed by atoms with Gasteiger partial charge in [0.1, 0.15) is 5.82 Å². The Morgan fingerprint density at radius 1 is 0.557 bits per heavy atom. The van der Waals surface area contributed by atoms with Crippen LogP contribution in [0.1, 0.15) is 99.5 Å². The van der Waals surface area contributed by atoms with Gasteiger partial charge < -0.3 is 9.47 Å². The van der Waals surface area contributed by atoms with Crippen molar-refractivity contribution in [3.63, 3.8) is 0 Å². The molecule has 6 heterocycles. The van der Waals surface area contributed by atoms with E-state index in [1.54, 1.807) is 11.1 Å². The Bertz CT molecular complexity index is 3590. The first-order valence-corrected chi connectivity index (χ1v) is 22.6. The predicted molar refractivity (Wildman–Crippen MR) is 251 cm³/mol. The molecule has 1 fully saturated rings. The second-order valence-electron chi connectivity index (χ2n) is 21.2. The fourth-order valence-corrected chi connectivity index (χ4v) is 14.7. The van der Waals surface area contributed by atoms with Gasteiger partial charge >= 0.3 is 0 Å². The van der Waals surface area contributed by atoms with E-state index >= 15 is 0 Å². The molecule has 290 valence electrons. The van der Waals surface area contributed by atoms with Gasteiger partial charge in [-0.3, -0.25) is 4.57 Å². The van der Waals surface area contributed by atoms with Crippen LogP contribution in [0.5, 0.6) is 0 Å². The maximum Gasteiger partial charge on any atom is 0.252 e. The molecule has 1 spiro atoms. The van der Waals surface area contributed by atoms with Crippen LogP contribution in [-0.4, -0.2) is 20.8 Å². The maximum atomic E-state index is 5.73. The molecule has 5 heteroatoms. The standard InChI is InChI=1S/C56H43BN4/c1-53(2,3)52-58-40-29-38-44(55(5)27-25-54(38,4)26-28-55)46-50(40)60(52)42-23-24-43-51-45(42)57(46)39-19-12-18-36-48(39)61(51)49-37(22-21-33-32-15-8-11-20-41(32)59(43)47(33)49)56(36)34-16-9-6-13-30(34)31-14-7-10-17-35(31)56/h6-24,29H,25-28H2,1-5H3. The van der Waals surface area contributed by atoms with Crippen LogP contribution in [0.4, 0.5) is 17.1 Å². The van der Waals surface area contributed by atoms with Gasteiger partial charge in [0.05, 0.1) is 44.5 Å². The molecule has 0 unspecified atom stereocenters. The Morgan fingerprint density at radius 2 is 1.23 bits per heavy atom. The van der Waals surface area contributed by atoms with Crippen molar-refractivity contribution in [3.8, 4) is 22.5 Å². The highest BCUT2D eigenvalue weighted by molar-refractivity contribution is 7.00. The highest BCUT2D eigenvalue weighted by Gasteiger charge is 2.59. The van der Waals surface area contributed by atoms with Crippen molar-refractivity contribution in [3.05, 3.63) is 161 Å². The number of hydrogen-bond acceptors (Lipinski definition) is 2. The molecule has 9 aromatic rings. The Kier molecular flexibility index (Phi) is 5.18. The fraction of sp³-hybridized carbons (Fsp3) is 0.232. The number of hydrogen-bond donors (Lipinski definition) is 0. The molecule has 0 atom stereocenters. The van der Waals surface area contributed by atoms with Crippen molar-refractivity contribution in [2.24, 2.45) is 0 Å². The van der Waals surface area contributed by atoms with E-state index in [1.807, 2.05) is 0 Å². The summed E-state index contributed by atoms with van der Waals surface area (Å²) in [4.78, 5) is 8.51. The van der Waals surface area contributed by atoms with Gasteiger partial charge in [0.15, 0.2) is 0 Å². The van der Waals surface area contributed by atoms with Crippen LogP contribution in [0.25, 0.3) is 55.3 Å². The molecule has 8 aliphatic rings. The van der Waals surface area contributed by atoms with Crippen LogP contribution >= 0.6 is 0 Å². The molecular weight excluding hydrogens is 739 g/mol. The van der Waals surface area contributed by atoms with Gasteiger partial charge in [-0.25, -0.2) is 4.98 Å². The molecular formula is C56H43BN4. The zero-order valence-electron chi connectivity index (χ0n) is 35.2. The van der Waals surface area contributed by atoms with Crippen LogP contribution in [-0.2, 0) is 21.7 Å². The summed E-state index contributed by atoms with van der Waals surface area (Å²) in [6.45, 7) is 12.3. The Balaban J connectivity index is 1.17. The monoisotopic (exact) mass is 782 g/mol. The number of imidazole rings is 1. The summed E-state index contributed by atoms with van der Waals surface area (Å²) >= 11 is 0. The highest BCUT2D eigenvalue weighted by atomic mass is 15.2. The van der Waals surface area contributed by atoms with E-state index in [4.69, 9.17) is 4.98 Å². The van der Waals surface area contributed by atoms with E-state index in [2.05, 4.69) is 170 Å². The van der Waals surface area contributed by atoms with E-state index in [0.717, 1.165) is 5.82 Å². The summed E-state index contributed by atoms with van der Waals surface area (Å²) in [6, 6.07) is 47.6. The minimum Gasteiger partial charge on any atom is -0.307 e. The highest BCUT2D eigenvalue weighted by Crippen LogP contribution is 2.67. The van der Waals surface area contributed by atoms with Crippen molar-refractivity contribution in [1.82, 2.24) is 14.1 Å². The zero-order chi connectivity index (χ0) is 40.3. The van der Waals surface area contributed by atoms with Crippen LogP contribution in [0.2, 0.25) is 0 Å². The number of anilines is 3. The fourth-order valence-electron chi connectivity index (χ4n) is 14.7. The topological polar surface area (TPSA) is 26.0 Å². The molecule has 4 aliphatic carbocycles. The van der Waals surface area contributed by atoms with Crippen molar-refractivity contribution < 1.29 is 0 Å². The first-order valence-electron chi connectivity index (χ1n) is 22.6. The third kappa shape index (κ3) is 3.23. The average Bonchev–Trinajstić information content (AvgIpc) is 3.93. The SMILES string of the molecule is CC(C)(C)c1nc2cc3c(c4c2n1-c1ccc2c5c1B4c1cccc4c1N5c1c(ccc5c6ccccc6n-2c15)C41c2ccccc2-c2ccccc21)C1(C)CCC3(C)CC1. The number of para-hydroxylation sites is 2. The molecule has 0 saturated heterocycles. The van der Waals surface area contributed by atoms with Crippen LogP contribution in [0.3, 0.4) is 0 Å². The second kappa shape index (κ2) is 9.74. The smallest absolute Gasteiger partial charge is 0.252 e. The van der Waals surface area contributed by atoms with Gasteiger partial charge in [-0.05, 0) is 122 Å². The summed E-state index contributed by atoms with van der Waals surface area (Å²) in [7, 11) is 0. The molecule has 4 aliphatic heterocycles. The molecule has 7 aromatic carbocycles. The average molecular weight is 783 g/mol. The Hall–Kier alpha value is -6.33. The number of nitrogens with zero attached hydrogens (tertiary/aromatic N) is 4. The first kappa shape index (κ1) is 32.4. The number of fused-ring (bicyclic) bond motifs is 16. The van der Waals surface area contributed by atoms with Gasteiger partial charge in [0.2, 0.25) is 0 Å². The van der Waals surface area contributed by atoms with Crippen LogP contribution < -0.4 is 21.3 Å². The second-order valence-corrected chi connectivity index (χ2v) is 21.2. The van der Waals surface area contributed by atoms with Gasteiger partial charge in [0.25, 0.3) is 6.71 Å². The van der Waals surface area contributed by atoms with E-state index in [9.17, 15) is 0 Å². The van der Waals surface area contributed by atoms with Gasteiger partial charge in [0, 0.05) is 27.6 Å². The minimum atomic E-state index is -0.494. The minimum absolute atomic E-state index is 0.0541. The zero-order valence-corrected chi connectivity index (χ0v) is 35.2. The quantitative estimate of drug-likeness (QED) is 0.143. The largest absolute Gasteiger partial charge is 0.307 e. The molecule has 2 bridgehead atoms. The maximum absolute atomic E-state index is 5.73. The van der Waals surface area contributed by atoms with Gasteiger partial charge in [-0.1, -0.05) is 132 Å². The van der Waals surface area contributed by atoms with Gasteiger partial charge in [-0.2, -0.15) is 0 Å². The van der Waals surface area contributed by atoms with Crippen molar-refractivity contribution >= 4 is 73.0 Å². The lowest BCUT2D eigenvalue weighted by molar-refractivity contribution is 0.189. The van der Waals surface area contributed by atoms with Crippen molar-refractivity contribution in [1.29, 1.82) is 0 Å². The molecule has 0 amide bonds. The lowest BCUT2D eigenvalue weighted by atomic mass is 9.31. The molecule has 0 radical (unpaired) electrons. The Labute approximate surface area is 355 Å². The molecule has 1 saturated carbocycles. The normalized spacial score (nSPS) is 21.8. The van der Waals surface area contributed by atoms with Crippen molar-refractivity contribution in [2.45, 2.75) is 82.0 Å². The third-order valence-corrected chi connectivity index (χ3v) is 17.2. The molecule has 17 rings (SSSR count). The lowest BCUT2D eigenvalue weighted by Crippen LogP contribution is -2.65. The van der Waals surface area contributed by atoms with Crippen molar-refractivity contribution in [2.75, 3.05) is 4.90 Å². The summed E-state index contributed by atoms with van der Waals surface area (Å²) in [5.41, 5.74) is 27.2. The number of rotatable bonds is 0. The van der Waals surface area contributed by atoms with E-state index in [0.29, 0.717) is 0 Å². The Morgan fingerprint density at radius 3 is 2.00 bits per heavy atom. The summed E-state index contributed by atoms with van der Waals surface area (Å²) < 4.78 is 5.29. The molecule has 0 N–H and O–H groups in total. The van der Waals surface area contributed by atoms with Crippen LogP contribution in [0, 0.1) is 0 Å². The molecule has 61 heavy (non-hydrogen) atoms. The number of benzene rings is 7. The summed E-state index contributed by atoms with van der Waals surface area (Å²) in [5.74, 6) is 1.16. The number of aromatic nitrogens is 3. The first-order chi connectivity index (χ1) is 29.6. The third-order valence-electron chi connectivity index (χ3n) is 17.2. The van der Waals surface area contributed by atoms with E-state index in [1.165, 1.54) is 137 Å². The summed E-state index contributed by atoms with van der Waals surface area (Å²) in [5, 5.41) is 2.63. The molecule has 2 aromatic heterocycles. The van der Waals surface area contributed by atoms with E-state index < -0.39 is 5.41 Å². The molecule has 4 nitrogen and oxygen atoms in total. The van der Waals surface area contributed by atoms with Crippen LogP contribution in [0.15, 0.2) is 121 Å². The van der Waals surface area contributed by atoms with Gasteiger partial charge in [-0.15, -0.1) is 0 Å². The summed E-state index contributed by atoms with van der Waals surface area (Å²) in [6.07, 6.45) is 4.97.